The molecular formula is C27H35N5. The van der Waals surface area contributed by atoms with Crippen molar-refractivity contribution in [2.75, 3.05) is 26.2 Å². The van der Waals surface area contributed by atoms with Gasteiger partial charge >= 0.3 is 0 Å². The third-order valence-corrected chi connectivity index (χ3v) is 6.42. The first kappa shape index (κ1) is 22.4. The molecule has 1 aliphatic heterocycles. The van der Waals surface area contributed by atoms with Crippen molar-refractivity contribution in [3.63, 3.8) is 0 Å². The molecule has 5 nitrogen and oxygen atoms in total. The number of benzene rings is 1. The van der Waals surface area contributed by atoms with Crippen LogP contribution in [0.15, 0.2) is 66.2 Å². The zero-order valence-corrected chi connectivity index (χ0v) is 19.6. The largest absolute Gasteiger partial charge is 0.337 e. The third kappa shape index (κ3) is 4.84. The molecule has 168 valence electrons. The monoisotopic (exact) mass is 429 g/mol. The molecule has 1 unspecified atom stereocenters. The topological polar surface area (TPSA) is 45.5 Å². The number of aryl methyl sites for hydroxylation is 3. The average molecular weight is 430 g/mol. The van der Waals surface area contributed by atoms with Gasteiger partial charge in [0.1, 0.15) is 0 Å². The van der Waals surface area contributed by atoms with Crippen LogP contribution in [0.5, 0.6) is 0 Å². The smallest absolute Gasteiger partial charge is 0.0949 e. The fourth-order valence-corrected chi connectivity index (χ4v) is 4.87. The lowest BCUT2D eigenvalue weighted by Crippen LogP contribution is -2.47. The fourth-order valence-electron chi connectivity index (χ4n) is 4.87. The number of allylic oxidation sites excluding steroid dienone is 3. The first-order valence-corrected chi connectivity index (χ1v) is 11.7. The van der Waals surface area contributed by atoms with E-state index in [1.807, 2.05) is 13.3 Å². The molecule has 32 heavy (non-hydrogen) atoms. The van der Waals surface area contributed by atoms with Crippen molar-refractivity contribution in [1.29, 1.82) is 0 Å². The van der Waals surface area contributed by atoms with Crippen LogP contribution in [0.3, 0.4) is 0 Å². The molecule has 0 spiro atoms. The second kappa shape index (κ2) is 10.2. The lowest BCUT2D eigenvalue weighted by molar-refractivity contribution is 0.214. The van der Waals surface area contributed by atoms with Crippen LogP contribution >= 0.6 is 0 Å². The van der Waals surface area contributed by atoms with Gasteiger partial charge in [0.15, 0.2) is 0 Å². The van der Waals surface area contributed by atoms with Gasteiger partial charge in [-0.15, -0.1) is 0 Å². The Kier molecular flexibility index (Phi) is 7.18. The zero-order chi connectivity index (χ0) is 22.5. The average Bonchev–Trinajstić information content (AvgIpc) is 3.17. The van der Waals surface area contributed by atoms with Crippen molar-refractivity contribution in [3.05, 3.63) is 83.6 Å². The summed E-state index contributed by atoms with van der Waals surface area (Å²) in [6, 6.07) is 7.07. The number of piperazine rings is 1. The molecule has 1 aromatic heterocycles. The normalized spacial score (nSPS) is 22.0. The Balaban J connectivity index is 1.74. The number of aromatic nitrogens is 2. The maximum absolute atomic E-state index is 4.83. The van der Waals surface area contributed by atoms with Crippen molar-refractivity contribution in [1.82, 2.24) is 19.8 Å². The summed E-state index contributed by atoms with van der Waals surface area (Å²) in [5, 5.41) is 3.49. The molecule has 1 atom stereocenters. The van der Waals surface area contributed by atoms with E-state index < -0.39 is 0 Å². The minimum Gasteiger partial charge on any atom is -0.337 e. The van der Waals surface area contributed by atoms with E-state index >= 15 is 0 Å². The summed E-state index contributed by atoms with van der Waals surface area (Å²) < 4.78 is 2.19. The van der Waals surface area contributed by atoms with Gasteiger partial charge in [-0.05, 0) is 62.0 Å². The van der Waals surface area contributed by atoms with E-state index in [0.717, 1.165) is 57.0 Å². The van der Waals surface area contributed by atoms with Gasteiger partial charge in [0, 0.05) is 45.1 Å². The summed E-state index contributed by atoms with van der Waals surface area (Å²) >= 11 is 0. The quantitative estimate of drug-likeness (QED) is 0.714. The molecule has 2 aliphatic rings. The fraction of sp³-hybridized carbons (Fsp3) is 0.407. The van der Waals surface area contributed by atoms with E-state index in [0.29, 0.717) is 0 Å². The SMILES string of the molecule is C=CN=C1/C(=C\C)C=C(CCCn2cnc(C)c2)c2cc(C)ccc2C1N1CCNCC1. The van der Waals surface area contributed by atoms with Crippen LogP contribution in [0.25, 0.3) is 5.57 Å². The molecule has 5 heteroatoms. The van der Waals surface area contributed by atoms with E-state index in [9.17, 15) is 0 Å². The van der Waals surface area contributed by atoms with Crippen LogP contribution in [0, 0.1) is 13.8 Å². The molecule has 1 aliphatic carbocycles. The number of hydrogen-bond donors (Lipinski definition) is 1. The van der Waals surface area contributed by atoms with Crippen molar-refractivity contribution in [2.24, 2.45) is 4.99 Å². The van der Waals surface area contributed by atoms with Gasteiger partial charge in [0.2, 0.25) is 0 Å². The highest BCUT2D eigenvalue weighted by Crippen LogP contribution is 2.38. The number of hydrogen-bond acceptors (Lipinski definition) is 4. The van der Waals surface area contributed by atoms with Gasteiger partial charge in [-0.2, -0.15) is 0 Å². The van der Waals surface area contributed by atoms with Crippen molar-refractivity contribution >= 4 is 11.3 Å². The van der Waals surface area contributed by atoms with E-state index in [-0.39, 0.29) is 6.04 Å². The Morgan fingerprint density at radius 2 is 2.06 bits per heavy atom. The van der Waals surface area contributed by atoms with Gasteiger partial charge in [0.05, 0.1) is 23.8 Å². The minimum absolute atomic E-state index is 0.141. The van der Waals surface area contributed by atoms with Crippen LogP contribution in [0.1, 0.15) is 48.2 Å². The van der Waals surface area contributed by atoms with Crippen LogP contribution in [0.4, 0.5) is 0 Å². The van der Waals surface area contributed by atoms with E-state index in [4.69, 9.17) is 4.99 Å². The minimum atomic E-state index is 0.141. The van der Waals surface area contributed by atoms with E-state index in [1.165, 1.54) is 27.8 Å². The number of fused-ring (bicyclic) bond motifs is 1. The van der Waals surface area contributed by atoms with Crippen LogP contribution in [-0.4, -0.2) is 46.3 Å². The van der Waals surface area contributed by atoms with Crippen LogP contribution in [-0.2, 0) is 6.54 Å². The molecule has 1 saturated heterocycles. The Morgan fingerprint density at radius 1 is 1.25 bits per heavy atom. The van der Waals surface area contributed by atoms with Crippen molar-refractivity contribution in [3.8, 4) is 0 Å². The molecular weight excluding hydrogens is 394 g/mol. The number of rotatable bonds is 6. The summed E-state index contributed by atoms with van der Waals surface area (Å²) in [7, 11) is 0. The predicted octanol–water partition coefficient (Wildman–Crippen LogP) is 4.85. The lowest BCUT2D eigenvalue weighted by atomic mass is 9.90. The standard InChI is InChI=1S/C27H35N5/c1-5-22-17-23(8-7-13-31-18-21(4)30-19-31)25-16-20(3)9-10-24(25)27(26(22)29-6-2)32-14-11-28-12-15-32/h5-6,9-10,16-19,27-28H,2,7-8,11-15H2,1,3-4H3/b22-5-,29-26?. The highest BCUT2D eigenvalue weighted by Gasteiger charge is 2.32. The molecule has 1 N–H and O–H groups in total. The number of nitrogens with zero attached hydrogens (tertiary/aromatic N) is 4. The molecule has 0 radical (unpaired) electrons. The molecule has 0 saturated carbocycles. The highest BCUT2D eigenvalue weighted by molar-refractivity contribution is 6.10. The maximum Gasteiger partial charge on any atom is 0.0949 e. The summed E-state index contributed by atoms with van der Waals surface area (Å²) in [4.78, 5) is 11.8. The summed E-state index contributed by atoms with van der Waals surface area (Å²) in [6.45, 7) is 15.3. The second-order valence-corrected chi connectivity index (χ2v) is 8.75. The Labute approximate surface area is 192 Å². The van der Waals surface area contributed by atoms with Gasteiger partial charge in [-0.3, -0.25) is 9.89 Å². The first-order chi connectivity index (χ1) is 15.6. The van der Waals surface area contributed by atoms with Crippen molar-refractivity contribution in [2.45, 2.75) is 46.2 Å². The zero-order valence-electron chi connectivity index (χ0n) is 19.6. The molecule has 4 rings (SSSR count). The number of aliphatic imine (C=N–C) groups is 1. The van der Waals surface area contributed by atoms with Gasteiger partial charge in [0.25, 0.3) is 0 Å². The molecule has 2 heterocycles. The van der Waals surface area contributed by atoms with Crippen molar-refractivity contribution < 1.29 is 0 Å². The van der Waals surface area contributed by atoms with Gasteiger partial charge in [-0.25, -0.2) is 4.98 Å². The molecule has 0 bridgehead atoms. The van der Waals surface area contributed by atoms with Gasteiger partial charge < -0.3 is 9.88 Å². The van der Waals surface area contributed by atoms with Gasteiger partial charge in [-0.1, -0.05) is 36.4 Å². The molecule has 0 amide bonds. The summed E-state index contributed by atoms with van der Waals surface area (Å²) in [5.41, 5.74) is 8.79. The van der Waals surface area contributed by atoms with Crippen LogP contribution < -0.4 is 5.32 Å². The number of imidazole rings is 1. The highest BCUT2D eigenvalue weighted by atomic mass is 15.2. The van der Waals surface area contributed by atoms with E-state index in [1.54, 1.807) is 6.20 Å². The molecule has 2 aromatic rings. The third-order valence-electron chi connectivity index (χ3n) is 6.42. The van der Waals surface area contributed by atoms with Crippen LogP contribution in [0.2, 0.25) is 0 Å². The Bertz CT molecular complexity index is 1050. The molecule has 1 fully saturated rings. The number of nitrogens with one attached hydrogen (secondary N) is 1. The second-order valence-electron chi connectivity index (χ2n) is 8.75. The predicted molar refractivity (Wildman–Crippen MR) is 134 cm³/mol. The maximum atomic E-state index is 4.83. The molecule has 1 aromatic carbocycles. The summed E-state index contributed by atoms with van der Waals surface area (Å²) in [5.74, 6) is 0. The lowest BCUT2D eigenvalue weighted by Gasteiger charge is -2.36. The van der Waals surface area contributed by atoms with E-state index in [2.05, 4.69) is 76.7 Å². The Morgan fingerprint density at radius 3 is 2.75 bits per heavy atom. The first-order valence-electron chi connectivity index (χ1n) is 11.7. The summed E-state index contributed by atoms with van der Waals surface area (Å²) in [6.07, 6.45) is 12.4. The Hall–Kier alpha value is -2.76.